The Morgan fingerprint density at radius 2 is 2.33 bits per heavy atom. The van der Waals surface area contributed by atoms with Crippen LogP contribution in [0.3, 0.4) is 0 Å². The topological polar surface area (TPSA) is 55.0 Å². The molecule has 0 radical (unpaired) electrons. The first kappa shape index (κ1) is 9.71. The molecule has 4 heteroatoms. The number of aryl methyl sites for hydroxylation is 1. The first-order chi connectivity index (χ1) is 7.20. The summed E-state index contributed by atoms with van der Waals surface area (Å²) in [4.78, 5) is 18.5. The summed E-state index contributed by atoms with van der Waals surface area (Å²) in [5.41, 5.74) is 2.23. The normalized spacial score (nSPS) is 10.5. The van der Waals surface area contributed by atoms with Crippen LogP contribution in [-0.2, 0) is 4.74 Å². The average Bonchev–Trinajstić information content (AvgIpc) is 2.60. The number of ether oxygens (including phenoxy) is 1. The second-order valence-corrected chi connectivity index (χ2v) is 3.35. The van der Waals surface area contributed by atoms with Gasteiger partial charge in [-0.25, -0.2) is 9.78 Å². The van der Waals surface area contributed by atoms with Gasteiger partial charge in [-0.2, -0.15) is 0 Å². The molecule has 0 unspecified atom stereocenters. The van der Waals surface area contributed by atoms with Crippen LogP contribution >= 0.6 is 0 Å². The highest BCUT2D eigenvalue weighted by Crippen LogP contribution is 2.14. The van der Waals surface area contributed by atoms with Crippen molar-refractivity contribution in [3.05, 3.63) is 29.6 Å². The molecule has 4 nitrogen and oxygen atoms in total. The molecule has 78 valence electrons. The van der Waals surface area contributed by atoms with E-state index in [0.29, 0.717) is 17.9 Å². The molecule has 0 aliphatic rings. The maximum absolute atomic E-state index is 11.4. The number of hydrogen-bond acceptors (Lipinski definition) is 3. The predicted octanol–water partition coefficient (Wildman–Crippen LogP) is 2.05. The number of aromatic nitrogens is 2. The van der Waals surface area contributed by atoms with Crippen LogP contribution in [0.15, 0.2) is 18.3 Å². The van der Waals surface area contributed by atoms with E-state index in [2.05, 4.69) is 9.97 Å². The summed E-state index contributed by atoms with van der Waals surface area (Å²) in [5.74, 6) is -0.340. The van der Waals surface area contributed by atoms with E-state index < -0.39 is 0 Å². The Bertz CT molecular complexity index is 502. The number of carbonyl (C=O) groups excluding carboxylic acids is 1. The van der Waals surface area contributed by atoms with Crippen molar-refractivity contribution < 1.29 is 9.53 Å². The van der Waals surface area contributed by atoms with Gasteiger partial charge in [-0.3, -0.25) is 0 Å². The molecule has 0 bridgehead atoms. The van der Waals surface area contributed by atoms with Gasteiger partial charge in [0.1, 0.15) is 11.3 Å². The van der Waals surface area contributed by atoms with Gasteiger partial charge in [0.2, 0.25) is 0 Å². The molecule has 0 aliphatic heterocycles. The SMILES string of the molecule is CCOC(=O)c1cc2cc(C)cnc2[nH]1. The Morgan fingerprint density at radius 1 is 1.53 bits per heavy atom. The number of rotatable bonds is 2. The fourth-order valence-electron chi connectivity index (χ4n) is 1.44. The van der Waals surface area contributed by atoms with E-state index in [1.165, 1.54) is 0 Å². The molecular formula is C11H12N2O2. The van der Waals surface area contributed by atoms with Crippen LogP contribution in [0, 0.1) is 6.92 Å². The second-order valence-electron chi connectivity index (χ2n) is 3.35. The van der Waals surface area contributed by atoms with Crippen molar-refractivity contribution in [1.29, 1.82) is 0 Å². The highest BCUT2D eigenvalue weighted by atomic mass is 16.5. The summed E-state index contributed by atoms with van der Waals surface area (Å²) in [7, 11) is 0. The smallest absolute Gasteiger partial charge is 0.354 e. The third-order valence-electron chi connectivity index (χ3n) is 2.10. The van der Waals surface area contributed by atoms with Crippen molar-refractivity contribution in [3.8, 4) is 0 Å². The second kappa shape index (κ2) is 3.73. The summed E-state index contributed by atoms with van der Waals surface area (Å²) in [6.07, 6.45) is 1.76. The van der Waals surface area contributed by atoms with Crippen LogP contribution in [0.4, 0.5) is 0 Å². The van der Waals surface area contributed by atoms with Crippen LogP contribution in [-0.4, -0.2) is 22.5 Å². The predicted molar refractivity (Wildman–Crippen MR) is 56.8 cm³/mol. The van der Waals surface area contributed by atoms with Gasteiger partial charge in [-0.1, -0.05) is 0 Å². The zero-order valence-corrected chi connectivity index (χ0v) is 8.70. The molecule has 0 saturated heterocycles. The Labute approximate surface area is 87.3 Å². The summed E-state index contributed by atoms with van der Waals surface area (Å²) < 4.78 is 4.89. The highest BCUT2D eigenvalue weighted by Gasteiger charge is 2.10. The van der Waals surface area contributed by atoms with Gasteiger partial charge < -0.3 is 9.72 Å². The van der Waals surface area contributed by atoms with Crippen LogP contribution in [0.5, 0.6) is 0 Å². The molecule has 2 rings (SSSR count). The number of nitrogens with one attached hydrogen (secondary N) is 1. The fraction of sp³-hybridized carbons (Fsp3) is 0.273. The van der Waals surface area contributed by atoms with E-state index in [1.54, 1.807) is 19.2 Å². The molecule has 0 amide bonds. The van der Waals surface area contributed by atoms with Crippen molar-refractivity contribution in [2.24, 2.45) is 0 Å². The molecule has 0 spiro atoms. The zero-order chi connectivity index (χ0) is 10.8. The quantitative estimate of drug-likeness (QED) is 0.761. The van der Waals surface area contributed by atoms with Gasteiger partial charge in [-0.15, -0.1) is 0 Å². The van der Waals surface area contributed by atoms with Crippen LogP contribution in [0.25, 0.3) is 11.0 Å². The largest absolute Gasteiger partial charge is 0.461 e. The molecule has 0 saturated carbocycles. The van der Waals surface area contributed by atoms with Gasteiger partial charge in [0.15, 0.2) is 0 Å². The number of fused-ring (bicyclic) bond motifs is 1. The third kappa shape index (κ3) is 1.83. The number of carbonyl (C=O) groups is 1. The van der Waals surface area contributed by atoms with E-state index >= 15 is 0 Å². The van der Waals surface area contributed by atoms with Crippen LogP contribution in [0.2, 0.25) is 0 Å². The van der Waals surface area contributed by atoms with Gasteiger partial charge in [-0.05, 0) is 31.5 Å². The van der Waals surface area contributed by atoms with Crippen molar-refractivity contribution in [2.75, 3.05) is 6.61 Å². The molecular weight excluding hydrogens is 192 g/mol. The minimum Gasteiger partial charge on any atom is -0.461 e. The number of H-pyrrole nitrogens is 1. The Balaban J connectivity index is 2.42. The third-order valence-corrected chi connectivity index (χ3v) is 2.10. The lowest BCUT2D eigenvalue weighted by atomic mass is 10.2. The fourth-order valence-corrected chi connectivity index (χ4v) is 1.44. The van der Waals surface area contributed by atoms with E-state index in [0.717, 1.165) is 10.9 Å². The standard InChI is InChI=1S/C11H12N2O2/c1-3-15-11(14)9-5-8-4-7(2)6-12-10(8)13-9/h4-6H,3H2,1-2H3,(H,12,13). The maximum Gasteiger partial charge on any atom is 0.354 e. The molecule has 1 N–H and O–H groups in total. The lowest BCUT2D eigenvalue weighted by molar-refractivity contribution is 0.0520. The minimum absolute atomic E-state index is 0.340. The van der Waals surface area contributed by atoms with Gasteiger partial charge in [0, 0.05) is 11.6 Å². The summed E-state index contributed by atoms with van der Waals surface area (Å²) >= 11 is 0. The molecule has 0 aromatic carbocycles. The van der Waals surface area contributed by atoms with Crippen LogP contribution in [0.1, 0.15) is 23.0 Å². The summed E-state index contributed by atoms with van der Waals surface area (Å²) in [5, 5.41) is 0.929. The van der Waals surface area contributed by atoms with Crippen molar-refractivity contribution >= 4 is 17.0 Å². The van der Waals surface area contributed by atoms with E-state index in [-0.39, 0.29) is 5.97 Å². The zero-order valence-electron chi connectivity index (χ0n) is 8.70. The van der Waals surface area contributed by atoms with Crippen molar-refractivity contribution in [1.82, 2.24) is 9.97 Å². The highest BCUT2D eigenvalue weighted by molar-refractivity contribution is 5.93. The number of esters is 1. The monoisotopic (exact) mass is 204 g/mol. The maximum atomic E-state index is 11.4. The summed E-state index contributed by atoms with van der Waals surface area (Å²) in [6.45, 7) is 4.12. The Morgan fingerprint density at radius 3 is 3.07 bits per heavy atom. The first-order valence-corrected chi connectivity index (χ1v) is 4.83. The van der Waals surface area contributed by atoms with Crippen molar-refractivity contribution in [3.63, 3.8) is 0 Å². The number of aromatic amines is 1. The number of pyridine rings is 1. The lowest BCUT2D eigenvalue weighted by Gasteiger charge is -1.96. The Kier molecular flexibility index (Phi) is 2.41. The first-order valence-electron chi connectivity index (χ1n) is 4.83. The molecule has 0 fully saturated rings. The van der Waals surface area contributed by atoms with Gasteiger partial charge in [0.05, 0.1) is 6.61 Å². The minimum atomic E-state index is -0.340. The molecule has 2 aromatic rings. The Hall–Kier alpha value is -1.84. The van der Waals surface area contributed by atoms with Crippen molar-refractivity contribution in [2.45, 2.75) is 13.8 Å². The molecule has 0 aliphatic carbocycles. The molecule has 15 heavy (non-hydrogen) atoms. The molecule has 0 atom stereocenters. The van der Waals surface area contributed by atoms with Crippen LogP contribution < -0.4 is 0 Å². The van der Waals surface area contributed by atoms with E-state index in [9.17, 15) is 4.79 Å². The lowest BCUT2D eigenvalue weighted by Crippen LogP contribution is -2.04. The summed E-state index contributed by atoms with van der Waals surface area (Å²) in [6, 6.07) is 3.73. The average molecular weight is 204 g/mol. The van der Waals surface area contributed by atoms with Gasteiger partial charge in [0.25, 0.3) is 0 Å². The van der Waals surface area contributed by atoms with E-state index in [1.807, 2.05) is 13.0 Å². The molecule has 2 aromatic heterocycles. The van der Waals surface area contributed by atoms with E-state index in [4.69, 9.17) is 4.74 Å². The van der Waals surface area contributed by atoms with Gasteiger partial charge >= 0.3 is 5.97 Å². The number of hydrogen-bond donors (Lipinski definition) is 1. The molecule has 2 heterocycles. The number of nitrogens with zero attached hydrogens (tertiary/aromatic N) is 1.